The van der Waals surface area contributed by atoms with Gasteiger partial charge in [0.2, 0.25) is 6.41 Å². The van der Waals surface area contributed by atoms with E-state index in [0.29, 0.717) is 34.8 Å². The van der Waals surface area contributed by atoms with Crippen molar-refractivity contribution in [3.8, 4) is 11.1 Å². The molecule has 0 spiro atoms. The lowest BCUT2D eigenvalue weighted by molar-refractivity contribution is -0.137. The van der Waals surface area contributed by atoms with Gasteiger partial charge < -0.3 is 16.0 Å². The van der Waals surface area contributed by atoms with Gasteiger partial charge in [0.15, 0.2) is 0 Å². The van der Waals surface area contributed by atoms with Gasteiger partial charge in [0.25, 0.3) is 5.91 Å². The van der Waals surface area contributed by atoms with Crippen molar-refractivity contribution >= 4 is 23.7 Å². The lowest BCUT2D eigenvalue weighted by atomic mass is 9.96. The molecule has 2 amide bonds. The average molecular weight is 663 g/mol. The first kappa shape index (κ1) is 39.5. The van der Waals surface area contributed by atoms with Crippen molar-refractivity contribution < 1.29 is 22.8 Å². The fourth-order valence-corrected chi connectivity index (χ4v) is 5.30. The van der Waals surface area contributed by atoms with Crippen molar-refractivity contribution in [3.63, 3.8) is 0 Å². The van der Waals surface area contributed by atoms with Gasteiger partial charge in [-0.1, -0.05) is 87.9 Å². The molecule has 4 aromatic rings. The molecule has 0 fully saturated rings. The molecule has 0 aliphatic heterocycles. The number of hydrogen-bond donors (Lipinski definition) is 3. The Morgan fingerprint density at radius 1 is 0.896 bits per heavy atom. The number of aryl methyl sites for hydroxylation is 2. The van der Waals surface area contributed by atoms with Crippen molar-refractivity contribution in [2.45, 2.75) is 60.2 Å². The molecule has 1 unspecified atom stereocenters. The fourth-order valence-electron chi connectivity index (χ4n) is 5.30. The third-order valence-corrected chi connectivity index (χ3v) is 7.68. The normalized spacial score (nSPS) is 11.3. The van der Waals surface area contributed by atoms with Crippen LogP contribution in [0.1, 0.15) is 72.8 Å². The number of amides is 2. The molecule has 4 rings (SSSR count). The molecule has 3 N–H and O–H groups in total. The van der Waals surface area contributed by atoms with Crippen LogP contribution >= 0.6 is 0 Å². The molecular weight excluding hydrogens is 613 g/mol. The molecule has 0 aromatic heterocycles. The summed E-state index contributed by atoms with van der Waals surface area (Å²) in [6, 6.07) is 27.0. The second-order valence-electron chi connectivity index (χ2n) is 10.9. The summed E-state index contributed by atoms with van der Waals surface area (Å²) in [5.41, 5.74) is 5.55. The second kappa shape index (κ2) is 19.9. The number of likely N-dealkylation sites (N-methyl/N-ethyl adjacent to an activating group) is 1. The van der Waals surface area contributed by atoms with Crippen molar-refractivity contribution in [2.24, 2.45) is 0 Å². The van der Waals surface area contributed by atoms with Crippen LogP contribution < -0.4 is 16.0 Å². The van der Waals surface area contributed by atoms with E-state index in [9.17, 15) is 18.0 Å². The predicted octanol–water partition coefficient (Wildman–Crippen LogP) is 9.52. The number of anilines is 2. The van der Waals surface area contributed by atoms with E-state index in [1.165, 1.54) is 17.7 Å². The lowest BCUT2D eigenvalue weighted by Gasteiger charge is -2.30. The van der Waals surface area contributed by atoms with Crippen LogP contribution in [-0.4, -0.2) is 43.9 Å². The Morgan fingerprint density at radius 3 is 2.08 bits per heavy atom. The van der Waals surface area contributed by atoms with Crippen LogP contribution in [0.25, 0.3) is 11.1 Å². The third kappa shape index (κ3) is 11.6. The molecule has 1 atom stereocenters. The number of halogens is 3. The maximum absolute atomic E-state index is 13.4. The van der Waals surface area contributed by atoms with Crippen molar-refractivity contribution in [2.75, 3.05) is 37.3 Å². The molecule has 9 heteroatoms. The highest BCUT2D eigenvalue weighted by Crippen LogP contribution is 2.33. The van der Waals surface area contributed by atoms with E-state index in [0.717, 1.165) is 55.0 Å². The highest BCUT2D eigenvalue weighted by molar-refractivity contribution is 6.09. The molecule has 0 aliphatic carbocycles. The maximum Gasteiger partial charge on any atom is 0.416 e. The number of carbonyl (C=O) groups is 2. The standard InChI is InChI=1S/C35H38F3N3O.C2H5NO.C2H6/c1-5-33(27-10-8-7-9-11-27)41(6-2)21-20-39-29-17-19-32(25(4)23-29)40-34(42)31-22-24(3)12-18-30(31)26-13-15-28(16-14-26)35(36,37)38;1-3-2-4;1-2/h7-19,22-23,33,39H,5-6,20-21H2,1-4H3,(H,40,42);2H,1H3,(H,3,4);1-2H3. The Bertz CT molecular complexity index is 1560. The Morgan fingerprint density at radius 2 is 1.54 bits per heavy atom. The zero-order valence-corrected chi connectivity index (χ0v) is 29.0. The quantitative estimate of drug-likeness (QED) is 0.132. The molecule has 0 saturated carbocycles. The molecule has 0 saturated heterocycles. The summed E-state index contributed by atoms with van der Waals surface area (Å²) in [6.45, 7) is 14.8. The van der Waals surface area contributed by atoms with Gasteiger partial charge in [-0.05, 0) is 85.5 Å². The van der Waals surface area contributed by atoms with Crippen LogP contribution in [-0.2, 0) is 11.0 Å². The summed E-state index contributed by atoms with van der Waals surface area (Å²) in [5.74, 6) is -0.317. The highest BCUT2D eigenvalue weighted by Gasteiger charge is 2.30. The molecular formula is C39H49F3N4O2. The Labute approximate surface area is 283 Å². The molecule has 4 aromatic carbocycles. The van der Waals surface area contributed by atoms with Crippen LogP contribution in [0.4, 0.5) is 24.5 Å². The second-order valence-corrected chi connectivity index (χ2v) is 10.9. The first-order valence-electron chi connectivity index (χ1n) is 16.4. The summed E-state index contributed by atoms with van der Waals surface area (Å²) in [6.07, 6.45) is -2.76. The zero-order valence-electron chi connectivity index (χ0n) is 29.0. The average Bonchev–Trinajstić information content (AvgIpc) is 3.10. The van der Waals surface area contributed by atoms with Crippen LogP contribution in [0, 0.1) is 13.8 Å². The van der Waals surface area contributed by atoms with Gasteiger partial charge in [0, 0.05) is 43.1 Å². The van der Waals surface area contributed by atoms with Crippen LogP contribution in [0.3, 0.4) is 0 Å². The number of hydrogen-bond acceptors (Lipinski definition) is 4. The first-order chi connectivity index (χ1) is 23.0. The van der Waals surface area contributed by atoms with Gasteiger partial charge >= 0.3 is 6.18 Å². The van der Waals surface area contributed by atoms with Crippen LogP contribution in [0.15, 0.2) is 91.0 Å². The van der Waals surface area contributed by atoms with Crippen LogP contribution in [0.5, 0.6) is 0 Å². The van der Waals surface area contributed by atoms with E-state index in [2.05, 4.69) is 59.0 Å². The summed E-state index contributed by atoms with van der Waals surface area (Å²) in [5, 5.41) is 8.76. The third-order valence-electron chi connectivity index (χ3n) is 7.68. The number of nitrogens with one attached hydrogen (secondary N) is 3. The molecule has 0 heterocycles. The van der Waals surface area contributed by atoms with Crippen molar-refractivity contribution in [1.29, 1.82) is 0 Å². The zero-order chi connectivity index (χ0) is 35.7. The Balaban J connectivity index is 0.00000124. The molecule has 0 radical (unpaired) electrons. The van der Waals surface area contributed by atoms with Crippen molar-refractivity contribution in [1.82, 2.24) is 10.2 Å². The van der Waals surface area contributed by atoms with Gasteiger partial charge in [-0.25, -0.2) is 0 Å². The van der Waals surface area contributed by atoms with E-state index in [1.807, 2.05) is 58.0 Å². The number of alkyl halides is 3. The number of carbonyl (C=O) groups excluding carboxylic acids is 2. The molecule has 0 bridgehead atoms. The number of nitrogens with zero attached hydrogens (tertiary/aromatic N) is 1. The largest absolute Gasteiger partial charge is 0.416 e. The Hall–Kier alpha value is -4.63. The van der Waals surface area contributed by atoms with Gasteiger partial charge in [-0.2, -0.15) is 13.2 Å². The summed E-state index contributed by atoms with van der Waals surface area (Å²) < 4.78 is 39.2. The van der Waals surface area contributed by atoms with E-state index in [1.54, 1.807) is 19.2 Å². The van der Waals surface area contributed by atoms with Crippen molar-refractivity contribution in [3.05, 3.63) is 119 Å². The lowest BCUT2D eigenvalue weighted by Crippen LogP contribution is -2.32. The summed E-state index contributed by atoms with van der Waals surface area (Å²) in [4.78, 5) is 24.9. The molecule has 6 nitrogen and oxygen atoms in total. The summed E-state index contributed by atoms with van der Waals surface area (Å²) in [7, 11) is 1.56. The first-order valence-corrected chi connectivity index (χ1v) is 16.4. The van der Waals surface area contributed by atoms with Gasteiger partial charge in [-0.15, -0.1) is 0 Å². The number of benzene rings is 4. The number of rotatable bonds is 12. The Kier molecular flexibility index (Phi) is 16.4. The predicted molar refractivity (Wildman–Crippen MR) is 192 cm³/mol. The molecule has 0 aliphatic rings. The minimum atomic E-state index is -4.42. The van der Waals surface area contributed by atoms with E-state index in [4.69, 9.17) is 4.79 Å². The maximum atomic E-state index is 13.4. The van der Waals surface area contributed by atoms with Crippen LogP contribution in [0.2, 0.25) is 0 Å². The topological polar surface area (TPSA) is 73.5 Å². The van der Waals surface area contributed by atoms with E-state index < -0.39 is 11.7 Å². The minimum absolute atomic E-state index is 0.317. The highest BCUT2D eigenvalue weighted by atomic mass is 19.4. The van der Waals surface area contributed by atoms with Gasteiger partial charge in [0.05, 0.1) is 5.56 Å². The SMILES string of the molecule is CC.CCC(c1ccccc1)N(CC)CCNc1ccc(NC(=O)c2cc(C)ccc2-c2ccc(C(F)(F)F)cc2)c(C)c1.CNC=O. The molecule has 48 heavy (non-hydrogen) atoms. The fraction of sp³-hybridized carbons (Fsp3) is 0.333. The summed E-state index contributed by atoms with van der Waals surface area (Å²) >= 11 is 0. The van der Waals surface area contributed by atoms with Gasteiger partial charge in [0.1, 0.15) is 0 Å². The van der Waals surface area contributed by atoms with E-state index in [-0.39, 0.29) is 5.91 Å². The van der Waals surface area contributed by atoms with E-state index >= 15 is 0 Å². The monoisotopic (exact) mass is 662 g/mol. The molecule has 258 valence electrons. The minimum Gasteiger partial charge on any atom is -0.384 e. The van der Waals surface area contributed by atoms with Gasteiger partial charge in [-0.3, -0.25) is 14.5 Å². The smallest absolute Gasteiger partial charge is 0.384 e.